The fraction of sp³-hybridized carbons (Fsp3) is 0.333. The maximum Gasteiger partial charge on any atom is 0.151 e. The molecule has 0 bridgehead atoms. The zero-order valence-corrected chi connectivity index (χ0v) is 15.5. The van der Waals surface area contributed by atoms with Gasteiger partial charge in [0.05, 0.1) is 22.9 Å². The number of aromatic nitrogens is 4. The first-order valence-corrected chi connectivity index (χ1v) is 9.44. The summed E-state index contributed by atoms with van der Waals surface area (Å²) in [6.45, 7) is 5.95. The van der Waals surface area contributed by atoms with Crippen LogP contribution in [-0.2, 0) is 0 Å². The summed E-state index contributed by atoms with van der Waals surface area (Å²) in [7, 11) is 0. The smallest absolute Gasteiger partial charge is 0.151 e. The number of nitrogens with zero attached hydrogens (tertiary/aromatic N) is 4. The maximum absolute atomic E-state index is 14.8. The molecule has 0 amide bonds. The van der Waals surface area contributed by atoms with E-state index in [1.165, 1.54) is 0 Å². The Morgan fingerprint density at radius 3 is 2.67 bits per heavy atom. The summed E-state index contributed by atoms with van der Waals surface area (Å²) in [5, 5.41) is 8.75. The fourth-order valence-electron chi connectivity index (χ4n) is 4.12. The quantitative estimate of drug-likeness (QED) is 0.585. The highest BCUT2D eigenvalue weighted by Gasteiger charge is 2.18. The Balaban J connectivity index is 1.60. The van der Waals surface area contributed by atoms with Gasteiger partial charge in [0.15, 0.2) is 5.82 Å². The van der Waals surface area contributed by atoms with E-state index < -0.39 is 0 Å². The van der Waals surface area contributed by atoms with E-state index in [9.17, 15) is 4.39 Å². The van der Waals surface area contributed by atoms with Crippen LogP contribution < -0.4 is 5.32 Å². The highest BCUT2D eigenvalue weighted by atomic mass is 19.1. The molecular weight excluding hydrogens is 341 g/mol. The molecule has 0 saturated carbocycles. The average molecular weight is 363 g/mol. The lowest BCUT2D eigenvalue weighted by molar-refractivity contribution is 0.344. The van der Waals surface area contributed by atoms with Gasteiger partial charge in [-0.3, -0.25) is 9.67 Å². The molecule has 4 aromatic rings. The van der Waals surface area contributed by atoms with Crippen molar-refractivity contribution in [3.63, 3.8) is 0 Å². The minimum absolute atomic E-state index is 0.267. The third-order valence-electron chi connectivity index (χ3n) is 5.49. The number of hydrogen-bond donors (Lipinski definition) is 1. The van der Waals surface area contributed by atoms with Crippen LogP contribution in [0.25, 0.3) is 27.5 Å². The number of halogens is 1. The minimum Gasteiger partial charge on any atom is -0.320 e. The summed E-state index contributed by atoms with van der Waals surface area (Å²) in [6, 6.07) is 6.04. The van der Waals surface area contributed by atoms with E-state index in [1.54, 1.807) is 6.07 Å². The molecule has 27 heavy (non-hydrogen) atoms. The zero-order chi connectivity index (χ0) is 18.5. The molecule has 1 aliphatic rings. The molecule has 5 rings (SSSR count). The van der Waals surface area contributed by atoms with Crippen LogP contribution >= 0.6 is 0 Å². The summed E-state index contributed by atoms with van der Waals surface area (Å²) < 4.78 is 18.8. The summed E-state index contributed by atoms with van der Waals surface area (Å²) in [5.74, 6) is -0.267. The van der Waals surface area contributed by atoms with Gasteiger partial charge in [0.2, 0.25) is 0 Å². The predicted molar refractivity (Wildman–Crippen MR) is 104 cm³/mol. The third-order valence-corrected chi connectivity index (χ3v) is 5.49. The van der Waals surface area contributed by atoms with E-state index >= 15 is 0 Å². The lowest BCUT2D eigenvalue weighted by Gasteiger charge is -2.22. The predicted octanol–water partition coefficient (Wildman–Crippen LogP) is 4.03. The van der Waals surface area contributed by atoms with Crippen LogP contribution in [-0.4, -0.2) is 32.3 Å². The highest BCUT2D eigenvalue weighted by molar-refractivity contribution is 5.85. The Morgan fingerprint density at radius 2 is 1.85 bits per heavy atom. The largest absolute Gasteiger partial charge is 0.320 e. The van der Waals surface area contributed by atoms with Crippen molar-refractivity contribution in [1.29, 1.82) is 0 Å². The minimum atomic E-state index is -0.267. The standard InChI is InChI=1S/C21H22FN5/c1-13-10-26-11-16(9-20(26)14(2)24-13)15-7-17-12-27(18-3-5-23-6-4-18)25-21(17)19(22)8-15/h7-12,18,23H,3-6H2,1-2H3. The van der Waals surface area contributed by atoms with Gasteiger partial charge in [-0.25, -0.2) is 4.39 Å². The SMILES string of the molecule is Cc1cn2cc(-c3cc(F)c4nn(C5CCNCC5)cc4c3)cc2c(C)n1. The van der Waals surface area contributed by atoms with Gasteiger partial charge < -0.3 is 9.72 Å². The van der Waals surface area contributed by atoms with Gasteiger partial charge in [-0.2, -0.15) is 5.10 Å². The molecule has 0 atom stereocenters. The molecule has 5 nitrogen and oxygen atoms in total. The number of aryl methyl sites for hydroxylation is 2. The Bertz CT molecular complexity index is 1150. The molecule has 1 saturated heterocycles. The van der Waals surface area contributed by atoms with Crippen LogP contribution in [0.15, 0.2) is 36.8 Å². The van der Waals surface area contributed by atoms with Crippen molar-refractivity contribution < 1.29 is 4.39 Å². The number of hydrogen-bond acceptors (Lipinski definition) is 3. The van der Waals surface area contributed by atoms with Gasteiger partial charge >= 0.3 is 0 Å². The first-order valence-electron chi connectivity index (χ1n) is 9.44. The number of benzene rings is 1. The average Bonchev–Trinajstić information content (AvgIpc) is 3.27. The van der Waals surface area contributed by atoms with Crippen molar-refractivity contribution in [1.82, 2.24) is 24.5 Å². The van der Waals surface area contributed by atoms with Crippen LogP contribution in [0.3, 0.4) is 0 Å². The van der Waals surface area contributed by atoms with E-state index in [2.05, 4.69) is 25.9 Å². The Hall–Kier alpha value is -2.73. The van der Waals surface area contributed by atoms with Crippen molar-refractivity contribution in [2.45, 2.75) is 32.7 Å². The first-order chi connectivity index (χ1) is 13.1. The first kappa shape index (κ1) is 16.4. The number of piperidine rings is 1. The van der Waals surface area contributed by atoms with Crippen LogP contribution in [0.1, 0.15) is 30.3 Å². The van der Waals surface area contributed by atoms with E-state index in [-0.39, 0.29) is 5.82 Å². The fourth-order valence-corrected chi connectivity index (χ4v) is 4.12. The third kappa shape index (κ3) is 2.80. The van der Waals surface area contributed by atoms with Crippen molar-refractivity contribution in [3.05, 3.63) is 54.0 Å². The van der Waals surface area contributed by atoms with Crippen molar-refractivity contribution >= 4 is 16.4 Å². The molecule has 0 aliphatic carbocycles. The lowest BCUT2D eigenvalue weighted by Crippen LogP contribution is -2.29. The molecule has 4 heterocycles. The van der Waals surface area contributed by atoms with Crippen LogP contribution in [0.4, 0.5) is 4.39 Å². The van der Waals surface area contributed by atoms with Gasteiger partial charge in [0, 0.05) is 29.5 Å². The molecule has 1 aliphatic heterocycles. The molecule has 0 radical (unpaired) electrons. The molecule has 1 aromatic carbocycles. The molecule has 1 fully saturated rings. The maximum atomic E-state index is 14.8. The van der Waals surface area contributed by atoms with Crippen LogP contribution in [0, 0.1) is 19.7 Å². The van der Waals surface area contributed by atoms with Gasteiger partial charge in [-0.15, -0.1) is 0 Å². The molecule has 6 heteroatoms. The monoisotopic (exact) mass is 363 g/mol. The van der Waals surface area contributed by atoms with Crippen LogP contribution in [0.5, 0.6) is 0 Å². The van der Waals surface area contributed by atoms with E-state index in [0.29, 0.717) is 11.6 Å². The summed E-state index contributed by atoms with van der Waals surface area (Å²) in [6.07, 6.45) is 8.08. The topological polar surface area (TPSA) is 47.1 Å². The Kier molecular flexibility index (Phi) is 3.75. The number of fused-ring (bicyclic) bond motifs is 2. The Labute approximate surface area is 156 Å². The van der Waals surface area contributed by atoms with E-state index in [1.807, 2.05) is 43.2 Å². The second kappa shape index (κ2) is 6.16. The zero-order valence-electron chi connectivity index (χ0n) is 15.5. The van der Waals surface area contributed by atoms with Gasteiger partial charge in [0.1, 0.15) is 5.52 Å². The second-order valence-electron chi connectivity index (χ2n) is 7.48. The van der Waals surface area contributed by atoms with Gasteiger partial charge in [0.25, 0.3) is 0 Å². The van der Waals surface area contributed by atoms with Gasteiger partial charge in [-0.05, 0) is 63.5 Å². The lowest BCUT2D eigenvalue weighted by atomic mass is 10.1. The van der Waals surface area contributed by atoms with E-state index in [4.69, 9.17) is 0 Å². The highest BCUT2D eigenvalue weighted by Crippen LogP contribution is 2.30. The second-order valence-corrected chi connectivity index (χ2v) is 7.48. The normalized spacial score (nSPS) is 15.8. The molecule has 3 aromatic heterocycles. The van der Waals surface area contributed by atoms with E-state index in [0.717, 1.165) is 59.3 Å². The van der Waals surface area contributed by atoms with Crippen molar-refractivity contribution in [2.75, 3.05) is 13.1 Å². The van der Waals surface area contributed by atoms with Gasteiger partial charge in [-0.1, -0.05) is 0 Å². The van der Waals surface area contributed by atoms with Crippen molar-refractivity contribution in [3.8, 4) is 11.1 Å². The molecule has 0 unspecified atom stereocenters. The summed E-state index contributed by atoms with van der Waals surface area (Å²) in [4.78, 5) is 4.52. The number of nitrogens with one attached hydrogen (secondary N) is 1. The molecule has 1 N–H and O–H groups in total. The molecular formula is C21H22FN5. The van der Waals surface area contributed by atoms with Crippen LogP contribution in [0.2, 0.25) is 0 Å². The van der Waals surface area contributed by atoms with Crippen molar-refractivity contribution in [2.24, 2.45) is 0 Å². The summed E-state index contributed by atoms with van der Waals surface area (Å²) >= 11 is 0. The molecule has 138 valence electrons. The molecule has 0 spiro atoms. The summed E-state index contributed by atoms with van der Waals surface area (Å²) in [5.41, 5.74) is 5.29. The Morgan fingerprint density at radius 1 is 1.04 bits per heavy atom. The number of rotatable bonds is 2.